The normalized spacial score (nSPS) is 11.6. The molecule has 0 aromatic carbocycles. The van der Waals surface area contributed by atoms with Crippen LogP contribution in [0, 0.1) is 0 Å². The minimum absolute atomic E-state index is 0.195. The molecule has 1 heterocycles. The molecule has 1 rings (SSSR count). The molecule has 6 heteroatoms. The number of hydrogen-bond donors (Lipinski definition) is 2. The van der Waals surface area contributed by atoms with E-state index in [1.165, 1.54) is 0 Å². The standard InChI is InChI=1S/C13H23N3O2S/c1-2-14-9-5-6-12-19(17,18)16-11-8-13-7-3-4-10-15-13/h3-4,7,10,14,16H,2,5-6,8-9,11-12H2,1H3. The lowest BCUT2D eigenvalue weighted by Crippen LogP contribution is -2.29. The topological polar surface area (TPSA) is 71.1 Å². The van der Waals surface area contributed by atoms with Crippen LogP contribution in [0.25, 0.3) is 0 Å². The van der Waals surface area contributed by atoms with E-state index in [0.717, 1.165) is 25.2 Å². The second-order valence-corrected chi connectivity index (χ2v) is 6.27. The summed E-state index contributed by atoms with van der Waals surface area (Å²) in [5.41, 5.74) is 0.900. The second-order valence-electron chi connectivity index (χ2n) is 4.34. The predicted octanol–water partition coefficient (Wildman–Crippen LogP) is 0.933. The van der Waals surface area contributed by atoms with Gasteiger partial charge in [0.25, 0.3) is 0 Å². The molecule has 1 aromatic heterocycles. The van der Waals surface area contributed by atoms with Gasteiger partial charge in [-0.25, -0.2) is 13.1 Å². The van der Waals surface area contributed by atoms with Crippen LogP contribution in [0.5, 0.6) is 0 Å². The van der Waals surface area contributed by atoms with Crippen LogP contribution in [-0.4, -0.2) is 38.8 Å². The van der Waals surface area contributed by atoms with Crippen LogP contribution in [0.15, 0.2) is 24.4 Å². The zero-order chi connectivity index (χ0) is 14.0. The number of pyridine rings is 1. The molecule has 2 N–H and O–H groups in total. The summed E-state index contributed by atoms with van der Waals surface area (Å²) < 4.78 is 26.0. The Bertz CT molecular complexity index is 434. The maximum Gasteiger partial charge on any atom is 0.211 e. The third kappa shape index (κ3) is 7.92. The molecule has 0 fully saturated rings. The maximum absolute atomic E-state index is 11.7. The molecule has 0 bridgehead atoms. The fraction of sp³-hybridized carbons (Fsp3) is 0.615. The number of unbranched alkanes of at least 4 members (excludes halogenated alkanes) is 1. The van der Waals surface area contributed by atoms with Crippen LogP contribution in [-0.2, 0) is 16.4 Å². The van der Waals surface area contributed by atoms with Crippen molar-refractivity contribution in [2.75, 3.05) is 25.4 Å². The number of rotatable bonds is 10. The third-order valence-corrected chi connectivity index (χ3v) is 4.17. The van der Waals surface area contributed by atoms with Gasteiger partial charge in [0.15, 0.2) is 0 Å². The van der Waals surface area contributed by atoms with Crippen LogP contribution in [0.4, 0.5) is 0 Å². The lowest BCUT2D eigenvalue weighted by Gasteiger charge is -2.06. The van der Waals surface area contributed by atoms with Gasteiger partial charge in [0.05, 0.1) is 5.75 Å². The van der Waals surface area contributed by atoms with Crippen molar-refractivity contribution in [2.45, 2.75) is 26.2 Å². The Balaban J connectivity index is 2.16. The van der Waals surface area contributed by atoms with Crippen molar-refractivity contribution in [3.05, 3.63) is 30.1 Å². The van der Waals surface area contributed by atoms with E-state index < -0.39 is 10.0 Å². The summed E-state index contributed by atoms with van der Waals surface area (Å²) in [7, 11) is -3.14. The Labute approximate surface area is 115 Å². The summed E-state index contributed by atoms with van der Waals surface area (Å²) in [6.07, 6.45) is 3.91. The Morgan fingerprint density at radius 3 is 2.74 bits per heavy atom. The summed E-state index contributed by atoms with van der Waals surface area (Å²) in [6, 6.07) is 5.64. The van der Waals surface area contributed by atoms with E-state index >= 15 is 0 Å². The van der Waals surface area contributed by atoms with Gasteiger partial charge in [0.1, 0.15) is 0 Å². The van der Waals surface area contributed by atoms with Crippen LogP contribution in [0.3, 0.4) is 0 Å². The zero-order valence-corrected chi connectivity index (χ0v) is 12.2. The van der Waals surface area contributed by atoms with Gasteiger partial charge in [-0.1, -0.05) is 13.0 Å². The SMILES string of the molecule is CCNCCCCS(=O)(=O)NCCc1ccccn1. The van der Waals surface area contributed by atoms with E-state index in [1.54, 1.807) is 6.20 Å². The number of sulfonamides is 1. The van der Waals surface area contributed by atoms with Crippen molar-refractivity contribution in [3.63, 3.8) is 0 Å². The van der Waals surface area contributed by atoms with E-state index in [0.29, 0.717) is 19.4 Å². The van der Waals surface area contributed by atoms with Gasteiger partial charge in [-0.3, -0.25) is 4.98 Å². The molecule has 5 nitrogen and oxygen atoms in total. The lowest BCUT2D eigenvalue weighted by molar-refractivity contribution is 0.574. The first-order valence-corrected chi connectivity index (χ1v) is 8.37. The molecule has 108 valence electrons. The highest BCUT2D eigenvalue weighted by molar-refractivity contribution is 7.89. The molecule has 0 unspecified atom stereocenters. The van der Waals surface area contributed by atoms with Crippen LogP contribution in [0.2, 0.25) is 0 Å². The van der Waals surface area contributed by atoms with E-state index in [1.807, 2.05) is 25.1 Å². The van der Waals surface area contributed by atoms with Crippen molar-refractivity contribution in [1.82, 2.24) is 15.0 Å². The van der Waals surface area contributed by atoms with E-state index in [2.05, 4.69) is 15.0 Å². The molecule has 0 saturated carbocycles. The molecule has 0 spiro atoms. The molecular formula is C13H23N3O2S. The van der Waals surface area contributed by atoms with E-state index in [-0.39, 0.29) is 5.75 Å². The van der Waals surface area contributed by atoms with Gasteiger partial charge in [-0.2, -0.15) is 0 Å². The summed E-state index contributed by atoms with van der Waals surface area (Å²) in [5, 5.41) is 3.18. The molecule has 0 aliphatic carbocycles. The maximum atomic E-state index is 11.7. The van der Waals surface area contributed by atoms with Crippen LogP contribution < -0.4 is 10.0 Å². The van der Waals surface area contributed by atoms with Crippen molar-refractivity contribution < 1.29 is 8.42 Å². The van der Waals surface area contributed by atoms with Crippen LogP contribution >= 0.6 is 0 Å². The van der Waals surface area contributed by atoms with E-state index in [4.69, 9.17) is 0 Å². The molecule has 0 aliphatic rings. The average Bonchev–Trinajstić information content (AvgIpc) is 2.39. The number of nitrogens with one attached hydrogen (secondary N) is 2. The Morgan fingerprint density at radius 2 is 2.05 bits per heavy atom. The van der Waals surface area contributed by atoms with Gasteiger partial charge in [0, 0.05) is 24.9 Å². The minimum atomic E-state index is -3.14. The fourth-order valence-electron chi connectivity index (χ4n) is 1.67. The molecule has 0 aliphatic heterocycles. The fourth-order valence-corrected chi connectivity index (χ4v) is 2.81. The monoisotopic (exact) mass is 285 g/mol. The van der Waals surface area contributed by atoms with Gasteiger partial charge >= 0.3 is 0 Å². The number of hydrogen-bond acceptors (Lipinski definition) is 4. The molecule has 0 saturated heterocycles. The van der Waals surface area contributed by atoms with Gasteiger partial charge < -0.3 is 5.32 Å². The molecular weight excluding hydrogens is 262 g/mol. The summed E-state index contributed by atoms with van der Waals surface area (Å²) >= 11 is 0. The van der Waals surface area contributed by atoms with Gasteiger partial charge in [-0.05, 0) is 38.1 Å². The third-order valence-electron chi connectivity index (χ3n) is 2.70. The lowest BCUT2D eigenvalue weighted by atomic mass is 10.3. The minimum Gasteiger partial charge on any atom is -0.317 e. The number of nitrogens with zero attached hydrogens (tertiary/aromatic N) is 1. The van der Waals surface area contributed by atoms with Crippen molar-refractivity contribution in [1.29, 1.82) is 0 Å². The Morgan fingerprint density at radius 1 is 1.21 bits per heavy atom. The first-order valence-electron chi connectivity index (χ1n) is 6.72. The van der Waals surface area contributed by atoms with Gasteiger partial charge in [-0.15, -0.1) is 0 Å². The van der Waals surface area contributed by atoms with Gasteiger partial charge in [0.2, 0.25) is 10.0 Å². The molecule has 1 aromatic rings. The zero-order valence-electron chi connectivity index (χ0n) is 11.4. The highest BCUT2D eigenvalue weighted by Crippen LogP contribution is 1.96. The Kier molecular flexibility index (Phi) is 7.62. The molecule has 0 radical (unpaired) electrons. The first-order chi connectivity index (χ1) is 9.14. The van der Waals surface area contributed by atoms with Crippen molar-refractivity contribution in [3.8, 4) is 0 Å². The Hall–Kier alpha value is -0.980. The average molecular weight is 285 g/mol. The highest BCUT2D eigenvalue weighted by Gasteiger charge is 2.08. The summed E-state index contributed by atoms with van der Waals surface area (Å²) in [6.45, 7) is 4.25. The quantitative estimate of drug-likeness (QED) is 0.628. The second kappa shape index (κ2) is 9.01. The summed E-state index contributed by atoms with van der Waals surface area (Å²) in [4.78, 5) is 4.15. The van der Waals surface area contributed by atoms with E-state index in [9.17, 15) is 8.42 Å². The predicted molar refractivity (Wildman–Crippen MR) is 77.5 cm³/mol. The number of aromatic nitrogens is 1. The van der Waals surface area contributed by atoms with Crippen LogP contribution in [0.1, 0.15) is 25.5 Å². The molecule has 19 heavy (non-hydrogen) atoms. The smallest absolute Gasteiger partial charge is 0.211 e. The van der Waals surface area contributed by atoms with Crippen molar-refractivity contribution >= 4 is 10.0 Å². The molecule has 0 amide bonds. The molecule has 0 atom stereocenters. The highest BCUT2D eigenvalue weighted by atomic mass is 32.2. The largest absolute Gasteiger partial charge is 0.317 e. The summed E-state index contributed by atoms with van der Waals surface area (Å²) in [5.74, 6) is 0.195. The first kappa shape index (κ1) is 16.1. The van der Waals surface area contributed by atoms with Crippen molar-refractivity contribution in [2.24, 2.45) is 0 Å².